The molecule has 0 N–H and O–H groups in total. The monoisotopic (exact) mass is 397 g/mol. The summed E-state index contributed by atoms with van der Waals surface area (Å²) >= 11 is 0. The molecule has 0 aromatic heterocycles. The Morgan fingerprint density at radius 3 is 1.82 bits per heavy atom. The molecule has 2 saturated heterocycles. The molecule has 6 aliphatic rings. The smallest absolute Gasteiger partial charge is 0.317 e. The van der Waals surface area contributed by atoms with E-state index in [9.17, 15) is 4.79 Å². The molecule has 6 bridgehead atoms. The van der Waals surface area contributed by atoms with Gasteiger partial charge in [0, 0.05) is 10.9 Å². The molecule has 0 atom stereocenters. The van der Waals surface area contributed by atoms with Gasteiger partial charge in [-0.25, -0.2) is 0 Å². The molecule has 0 spiro atoms. The Hall–Kier alpha value is -0.960. The van der Waals surface area contributed by atoms with Crippen LogP contribution >= 0.6 is 0 Å². The Morgan fingerprint density at radius 2 is 1.32 bits per heavy atom. The van der Waals surface area contributed by atoms with Crippen molar-refractivity contribution in [1.82, 2.24) is 0 Å². The summed E-state index contributed by atoms with van der Waals surface area (Å²) < 4.78 is 6.00. The molecule has 0 unspecified atom stereocenters. The van der Waals surface area contributed by atoms with E-state index in [4.69, 9.17) is 4.74 Å². The molecule has 1 aromatic rings. The van der Waals surface area contributed by atoms with Crippen LogP contribution in [0.4, 0.5) is 0 Å². The maximum Gasteiger partial charge on any atom is 0.317 e. The Morgan fingerprint density at radius 1 is 0.821 bits per heavy atom. The van der Waals surface area contributed by atoms with Crippen LogP contribution in [0, 0.1) is 23.2 Å². The van der Waals surface area contributed by atoms with E-state index in [0.29, 0.717) is 10.9 Å². The molecule has 1 aromatic carbocycles. The van der Waals surface area contributed by atoms with Crippen molar-refractivity contribution in [2.45, 2.75) is 92.4 Å². The van der Waals surface area contributed by atoms with Gasteiger partial charge in [-0.3, -0.25) is 4.79 Å². The number of benzene rings is 1. The predicted molar refractivity (Wildman–Crippen MR) is 114 cm³/mol. The highest BCUT2D eigenvalue weighted by Crippen LogP contribution is 2.60. The minimum atomic E-state index is -0.157. The predicted octanol–water partition coefficient (Wildman–Crippen LogP) is 5.89. The number of hydrogen-bond acceptors (Lipinski definition) is 2. The molecule has 7 rings (SSSR count). The van der Waals surface area contributed by atoms with Crippen molar-refractivity contribution in [2.24, 2.45) is 23.2 Å². The Labute approximate surface area is 172 Å². The Bertz CT molecular complexity index is 697. The van der Waals surface area contributed by atoms with Gasteiger partial charge in [-0.1, -0.05) is 0 Å². The SMILES string of the molecule is O=C(Oc1ccc([S+]2C3CCCC2CCC3)cc1)C12CC3CC(CC(C3)C1)C2. The van der Waals surface area contributed by atoms with Crippen LogP contribution in [0.5, 0.6) is 5.75 Å². The van der Waals surface area contributed by atoms with Gasteiger partial charge in [-0.2, -0.15) is 0 Å². The average Bonchev–Trinajstić information content (AvgIpc) is 2.67. The van der Waals surface area contributed by atoms with E-state index in [-0.39, 0.29) is 11.4 Å². The molecule has 0 radical (unpaired) electrons. The van der Waals surface area contributed by atoms with Crippen LogP contribution in [-0.2, 0) is 15.7 Å². The van der Waals surface area contributed by atoms with Crippen molar-refractivity contribution in [2.75, 3.05) is 0 Å². The normalized spacial score (nSPS) is 43.7. The second-order valence-electron chi connectivity index (χ2n) is 10.5. The molecule has 150 valence electrons. The van der Waals surface area contributed by atoms with Crippen LogP contribution in [-0.4, -0.2) is 16.5 Å². The average molecular weight is 398 g/mol. The molecule has 4 aliphatic carbocycles. The number of ether oxygens (including phenoxy) is 1. The van der Waals surface area contributed by atoms with Crippen molar-refractivity contribution < 1.29 is 9.53 Å². The highest BCUT2D eigenvalue weighted by atomic mass is 32.2. The maximum absolute atomic E-state index is 13.2. The number of esters is 1. The first-order valence-corrected chi connectivity index (χ1v) is 13.1. The van der Waals surface area contributed by atoms with Gasteiger partial charge in [0.2, 0.25) is 0 Å². The summed E-state index contributed by atoms with van der Waals surface area (Å²) in [6.07, 6.45) is 15.9. The largest absolute Gasteiger partial charge is 0.426 e. The topological polar surface area (TPSA) is 26.3 Å². The summed E-state index contributed by atoms with van der Waals surface area (Å²) in [5.41, 5.74) is -0.157. The highest BCUT2D eigenvalue weighted by molar-refractivity contribution is 7.98. The number of fused-ring (bicyclic) bond motifs is 2. The Balaban J connectivity index is 1.17. The summed E-state index contributed by atoms with van der Waals surface area (Å²) in [6, 6.07) is 8.74. The lowest BCUT2D eigenvalue weighted by atomic mass is 9.49. The molecule has 6 fully saturated rings. The second kappa shape index (κ2) is 6.79. The van der Waals surface area contributed by atoms with Gasteiger partial charge in [0.05, 0.1) is 5.41 Å². The van der Waals surface area contributed by atoms with Gasteiger partial charge in [0.25, 0.3) is 0 Å². The van der Waals surface area contributed by atoms with Crippen LogP contribution < -0.4 is 4.74 Å². The minimum absolute atomic E-state index is 0.0799. The molecular formula is C25H33O2S+. The summed E-state index contributed by atoms with van der Waals surface area (Å²) in [5, 5.41) is 1.82. The summed E-state index contributed by atoms with van der Waals surface area (Å²) in [5.74, 6) is 3.21. The molecule has 2 heterocycles. The fraction of sp³-hybridized carbons (Fsp3) is 0.720. The molecule has 0 amide bonds. The molecule has 2 aliphatic heterocycles. The van der Waals surface area contributed by atoms with E-state index in [0.717, 1.165) is 53.3 Å². The number of hydrogen-bond donors (Lipinski definition) is 0. The van der Waals surface area contributed by atoms with Crippen LogP contribution in [0.1, 0.15) is 77.0 Å². The van der Waals surface area contributed by atoms with Gasteiger partial charge in [-0.05, 0) is 119 Å². The zero-order chi connectivity index (χ0) is 18.7. The summed E-state index contributed by atoms with van der Waals surface area (Å²) in [7, 11) is 0.426. The van der Waals surface area contributed by atoms with Crippen molar-refractivity contribution >= 4 is 16.9 Å². The van der Waals surface area contributed by atoms with Crippen molar-refractivity contribution in [3.8, 4) is 5.75 Å². The summed E-state index contributed by atoms with van der Waals surface area (Å²) in [4.78, 5) is 14.7. The van der Waals surface area contributed by atoms with Gasteiger partial charge in [-0.15, -0.1) is 0 Å². The Kier molecular flexibility index (Phi) is 4.33. The maximum atomic E-state index is 13.2. The molecule has 4 saturated carbocycles. The van der Waals surface area contributed by atoms with E-state index in [1.54, 1.807) is 0 Å². The van der Waals surface area contributed by atoms with E-state index < -0.39 is 0 Å². The third-order valence-corrected chi connectivity index (χ3v) is 11.8. The lowest BCUT2D eigenvalue weighted by Gasteiger charge is -2.55. The lowest BCUT2D eigenvalue weighted by molar-refractivity contribution is -0.161. The van der Waals surface area contributed by atoms with Gasteiger partial charge < -0.3 is 4.74 Å². The quantitative estimate of drug-likeness (QED) is 0.361. The van der Waals surface area contributed by atoms with Crippen LogP contribution in [0.3, 0.4) is 0 Å². The molecule has 3 heteroatoms. The van der Waals surface area contributed by atoms with E-state index in [1.165, 1.54) is 62.7 Å². The zero-order valence-electron chi connectivity index (χ0n) is 16.9. The molecular weight excluding hydrogens is 364 g/mol. The first-order chi connectivity index (χ1) is 13.7. The fourth-order valence-electron chi connectivity index (χ4n) is 7.84. The first-order valence-electron chi connectivity index (χ1n) is 11.7. The second-order valence-corrected chi connectivity index (χ2v) is 13.1. The minimum Gasteiger partial charge on any atom is -0.426 e. The van der Waals surface area contributed by atoms with Gasteiger partial charge in [0.15, 0.2) is 4.90 Å². The molecule has 28 heavy (non-hydrogen) atoms. The number of rotatable bonds is 3. The molecule has 2 nitrogen and oxygen atoms in total. The highest BCUT2D eigenvalue weighted by Gasteiger charge is 2.55. The third kappa shape index (κ3) is 2.95. The third-order valence-electron chi connectivity index (χ3n) is 8.60. The van der Waals surface area contributed by atoms with E-state index in [2.05, 4.69) is 24.3 Å². The zero-order valence-corrected chi connectivity index (χ0v) is 17.7. The van der Waals surface area contributed by atoms with Gasteiger partial charge >= 0.3 is 5.97 Å². The summed E-state index contributed by atoms with van der Waals surface area (Å²) in [6.45, 7) is 0. The fourth-order valence-corrected chi connectivity index (χ4v) is 11.3. The van der Waals surface area contributed by atoms with Crippen molar-refractivity contribution in [3.63, 3.8) is 0 Å². The van der Waals surface area contributed by atoms with E-state index in [1.807, 2.05) is 0 Å². The standard InChI is InChI=1S/C25H33O2S/c26-24(25-14-17-11-18(15-25)13-19(12-17)16-25)27-20-7-9-23(10-8-20)28-21-3-1-4-22(28)6-2-5-21/h7-10,17-19,21-22H,1-6,11-16H2/q+1. The number of carbonyl (C=O) groups is 1. The first kappa shape index (κ1) is 17.9. The van der Waals surface area contributed by atoms with E-state index >= 15 is 0 Å². The van der Waals surface area contributed by atoms with Crippen LogP contribution in [0.25, 0.3) is 0 Å². The van der Waals surface area contributed by atoms with Crippen molar-refractivity contribution in [1.29, 1.82) is 0 Å². The van der Waals surface area contributed by atoms with Crippen LogP contribution in [0.2, 0.25) is 0 Å². The number of carbonyl (C=O) groups excluding carboxylic acids is 1. The van der Waals surface area contributed by atoms with Crippen molar-refractivity contribution in [3.05, 3.63) is 24.3 Å². The van der Waals surface area contributed by atoms with Gasteiger partial charge in [0.1, 0.15) is 16.2 Å². The van der Waals surface area contributed by atoms with Crippen LogP contribution in [0.15, 0.2) is 29.2 Å². The lowest BCUT2D eigenvalue weighted by Crippen LogP contribution is -2.51.